The highest BCUT2D eigenvalue weighted by Crippen LogP contribution is 2.17. The summed E-state index contributed by atoms with van der Waals surface area (Å²) < 4.78 is 0. The summed E-state index contributed by atoms with van der Waals surface area (Å²) in [5.41, 5.74) is 0.601. The van der Waals surface area contributed by atoms with E-state index in [1.807, 2.05) is 26.0 Å². The third kappa shape index (κ3) is 8.43. The Morgan fingerprint density at radius 1 is 1.18 bits per heavy atom. The fourth-order valence-corrected chi connectivity index (χ4v) is 3.42. The van der Waals surface area contributed by atoms with Crippen LogP contribution < -0.4 is 10.6 Å². The van der Waals surface area contributed by atoms with Crippen LogP contribution in [-0.4, -0.2) is 53.8 Å². The first kappa shape index (κ1) is 25.5. The van der Waals surface area contributed by atoms with Crippen molar-refractivity contribution < 1.29 is 5.11 Å². The minimum atomic E-state index is -0.704. The molecule has 1 aromatic carbocycles. The normalized spacial score (nSPS) is 16.5. The summed E-state index contributed by atoms with van der Waals surface area (Å²) in [4.78, 5) is 7.12. The molecule has 5 nitrogen and oxygen atoms in total. The van der Waals surface area contributed by atoms with Gasteiger partial charge in [-0.2, -0.15) is 0 Å². The van der Waals surface area contributed by atoms with Crippen LogP contribution in [0.5, 0.6) is 0 Å². The van der Waals surface area contributed by atoms with Crippen molar-refractivity contribution in [3.63, 3.8) is 0 Å². The Balaban J connectivity index is 0.00000392. The maximum absolute atomic E-state index is 10.5. The van der Waals surface area contributed by atoms with Gasteiger partial charge < -0.3 is 15.7 Å². The molecule has 0 aromatic heterocycles. The van der Waals surface area contributed by atoms with Gasteiger partial charge in [0.05, 0.1) is 12.1 Å². The summed E-state index contributed by atoms with van der Waals surface area (Å²) in [6.07, 6.45) is 3.61. The van der Waals surface area contributed by atoms with Crippen molar-refractivity contribution in [1.29, 1.82) is 0 Å². The number of nitrogens with one attached hydrogen (secondary N) is 2. The molecular formula is C21H36ClIN4O. The summed E-state index contributed by atoms with van der Waals surface area (Å²) in [5, 5.41) is 18.1. The number of halogens is 2. The van der Waals surface area contributed by atoms with E-state index in [4.69, 9.17) is 11.6 Å². The highest BCUT2D eigenvalue weighted by atomic mass is 127. The van der Waals surface area contributed by atoms with E-state index in [1.54, 1.807) is 0 Å². The fraction of sp³-hybridized carbons (Fsp3) is 0.667. The largest absolute Gasteiger partial charge is 0.388 e. The maximum atomic E-state index is 10.5. The van der Waals surface area contributed by atoms with Gasteiger partial charge in [-0.1, -0.05) is 37.6 Å². The lowest BCUT2D eigenvalue weighted by Gasteiger charge is -2.33. The van der Waals surface area contributed by atoms with Gasteiger partial charge in [0.1, 0.15) is 0 Å². The van der Waals surface area contributed by atoms with Crippen molar-refractivity contribution in [2.45, 2.75) is 64.6 Å². The quantitative estimate of drug-likeness (QED) is 0.274. The van der Waals surface area contributed by atoms with E-state index in [9.17, 15) is 5.11 Å². The zero-order valence-corrected chi connectivity index (χ0v) is 20.5. The van der Waals surface area contributed by atoms with Gasteiger partial charge >= 0.3 is 0 Å². The first-order valence-electron chi connectivity index (χ1n) is 10.2. The lowest BCUT2D eigenvalue weighted by atomic mass is 9.98. The number of nitrogens with zero attached hydrogens (tertiary/aromatic N) is 2. The van der Waals surface area contributed by atoms with Crippen LogP contribution in [-0.2, 0) is 6.54 Å². The molecule has 0 radical (unpaired) electrons. The number of rotatable bonds is 8. The van der Waals surface area contributed by atoms with Crippen LogP contribution in [0.2, 0.25) is 5.02 Å². The molecule has 0 aliphatic carbocycles. The van der Waals surface area contributed by atoms with Gasteiger partial charge in [0.25, 0.3) is 0 Å². The minimum Gasteiger partial charge on any atom is -0.388 e. The van der Waals surface area contributed by atoms with Gasteiger partial charge in [0, 0.05) is 37.2 Å². The van der Waals surface area contributed by atoms with E-state index in [1.165, 1.54) is 5.56 Å². The predicted molar refractivity (Wildman–Crippen MR) is 130 cm³/mol. The molecule has 0 saturated carbocycles. The molecule has 1 heterocycles. The standard InChI is InChI=1S/C21H35ClN4O.HI/c1-4-21(27,5-2)16-24-20(23-6-3)25-19-11-13-26(14-12-19)15-17-7-9-18(22)10-8-17;/h7-10,19,27H,4-6,11-16H2,1-3H3,(H2,23,24,25);1H. The monoisotopic (exact) mass is 522 g/mol. The van der Waals surface area contributed by atoms with Gasteiger partial charge in [-0.3, -0.25) is 9.89 Å². The number of hydrogen-bond donors (Lipinski definition) is 3. The van der Waals surface area contributed by atoms with Gasteiger partial charge in [-0.25, -0.2) is 0 Å². The first-order chi connectivity index (χ1) is 13.0. The molecule has 1 aromatic rings. The van der Waals surface area contributed by atoms with Crippen LogP contribution in [0.25, 0.3) is 0 Å². The molecule has 1 saturated heterocycles. The average Bonchev–Trinajstić information content (AvgIpc) is 2.69. The Bertz CT molecular complexity index is 585. The van der Waals surface area contributed by atoms with Crippen LogP contribution in [0.15, 0.2) is 29.3 Å². The van der Waals surface area contributed by atoms with E-state index >= 15 is 0 Å². The zero-order chi connectivity index (χ0) is 19.7. The number of benzene rings is 1. The van der Waals surface area contributed by atoms with Gasteiger partial charge in [-0.05, 0) is 50.3 Å². The number of likely N-dealkylation sites (tertiary alicyclic amines) is 1. The van der Waals surface area contributed by atoms with Crippen LogP contribution >= 0.6 is 35.6 Å². The summed E-state index contributed by atoms with van der Waals surface area (Å²) in [6, 6.07) is 8.54. The second kappa shape index (κ2) is 12.9. The van der Waals surface area contributed by atoms with Gasteiger partial charge in [0.2, 0.25) is 0 Å². The van der Waals surface area contributed by atoms with Crippen molar-refractivity contribution in [2.75, 3.05) is 26.2 Å². The molecular weight excluding hydrogens is 487 g/mol. The second-order valence-electron chi connectivity index (χ2n) is 7.45. The van der Waals surface area contributed by atoms with E-state index in [0.29, 0.717) is 12.6 Å². The molecule has 1 fully saturated rings. The number of aliphatic hydroxyl groups is 1. The highest BCUT2D eigenvalue weighted by Gasteiger charge is 2.23. The van der Waals surface area contributed by atoms with Crippen LogP contribution in [0.4, 0.5) is 0 Å². The first-order valence-corrected chi connectivity index (χ1v) is 10.6. The Morgan fingerprint density at radius 2 is 1.79 bits per heavy atom. The molecule has 1 aliphatic heterocycles. The predicted octanol–water partition coefficient (Wildman–Crippen LogP) is 4.03. The van der Waals surface area contributed by atoms with E-state index < -0.39 is 5.60 Å². The van der Waals surface area contributed by atoms with E-state index in [-0.39, 0.29) is 24.0 Å². The molecule has 1 aliphatic rings. The molecule has 28 heavy (non-hydrogen) atoms. The molecule has 0 unspecified atom stereocenters. The van der Waals surface area contributed by atoms with Gasteiger partial charge in [0.15, 0.2) is 5.96 Å². The molecule has 3 N–H and O–H groups in total. The lowest BCUT2D eigenvalue weighted by Crippen LogP contribution is -2.49. The van der Waals surface area contributed by atoms with Crippen LogP contribution in [0, 0.1) is 0 Å². The minimum absolute atomic E-state index is 0. The van der Waals surface area contributed by atoms with Crippen molar-refractivity contribution in [1.82, 2.24) is 15.5 Å². The SMILES string of the molecule is CCNC(=NCC(O)(CC)CC)NC1CCN(Cc2ccc(Cl)cc2)CC1.I. The van der Waals surface area contributed by atoms with Crippen molar-refractivity contribution in [3.8, 4) is 0 Å². The Hall–Kier alpha value is -0.570. The van der Waals surface area contributed by atoms with E-state index in [2.05, 4.69) is 39.6 Å². The molecule has 0 bridgehead atoms. The summed E-state index contributed by atoms with van der Waals surface area (Å²) in [5.74, 6) is 0.814. The lowest BCUT2D eigenvalue weighted by molar-refractivity contribution is 0.0417. The average molecular weight is 523 g/mol. The number of guanidine groups is 1. The Labute approximate surface area is 192 Å². The molecule has 0 atom stereocenters. The summed E-state index contributed by atoms with van der Waals surface area (Å²) in [7, 11) is 0. The smallest absolute Gasteiger partial charge is 0.191 e. The number of piperidine rings is 1. The number of aliphatic imine (C=N–C) groups is 1. The highest BCUT2D eigenvalue weighted by molar-refractivity contribution is 14.0. The van der Waals surface area contributed by atoms with Crippen molar-refractivity contribution in [2.24, 2.45) is 4.99 Å². The maximum Gasteiger partial charge on any atom is 0.191 e. The fourth-order valence-electron chi connectivity index (χ4n) is 3.30. The number of hydrogen-bond acceptors (Lipinski definition) is 3. The third-order valence-electron chi connectivity index (χ3n) is 5.44. The zero-order valence-electron chi connectivity index (χ0n) is 17.4. The third-order valence-corrected chi connectivity index (χ3v) is 5.69. The summed E-state index contributed by atoms with van der Waals surface area (Å²) >= 11 is 5.97. The van der Waals surface area contributed by atoms with E-state index in [0.717, 1.165) is 62.8 Å². The van der Waals surface area contributed by atoms with Crippen molar-refractivity contribution in [3.05, 3.63) is 34.9 Å². The van der Waals surface area contributed by atoms with Gasteiger partial charge in [-0.15, -0.1) is 24.0 Å². The molecule has 0 spiro atoms. The molecule has 2 rings (SSSR count). The Kier molecular flexibility index (Phi) is 11.7. The topological polar surface area (TPSA) is 59.9 Å². The van der Waals surface area contributed by atoms with Crippen molar-refractivity contribution >= 4 is 41.5 Å². The second-order valence-corrected chi connectivity index (χ2v) is 7.88. The molecule has 160 valence electrons. The summed E-state index contributed by atoms with van der Waals surface area (Å²) in [6.45, 7) is 10.4. The molecule has 7 heteroatoms. The van der Waals surface area contributed by atoms with Crippen LogP contribution in [0.1, 0.15) is 52.0 Å². The molecule has 0 amide bonds. The van der Waals surface area contributed by atoms with Crippen LogP contribution in [0.3, 0.4) is 0 Å². The Morgan fingerprint density at radius 3 is 2.32 bits per heavy atom.